The lowest BCUT2D eigenvalue weighted by molar-refractivity contribution is -0.146. The van der Waals surface area contributed by atoms with Crippen LogP contribution in [-0.4, -0.2) is 29.6 Å². The molecule has 3 rings (SSSR count). The first-order chi connectivity index (χ1) is 14.8. The predicted octanol–water partition coefficient (Wildman–Crippen LogP) is 1.76. The number of nitrogens with one attached hydrogen (secondary N) is 1. The number of imidazole rings is 1. The summed E-state index contributed by atoms with van der Waals surface area (Å²) < 4.78 is 10.3. The van der Waals surface area contributed by atoms with E-state index in [1.54, 1.807) is 10.6 Å². The van der Waals surface area contributed by atoms with Gasteiger partial charge in [0.1, 0.15) is 19.0 Å². The molecule has 0 saturated carbocycles. The summed E-state index contributed by atoms with van der Waals surface area (Å²) in [7, 11) is 0. The summed E-state index contributed by atoms with van der Waals surface area (Å²) >= 11 is 3.26. The van der Waals surface area contributed by atoms with E-state index in [4.69, 9.17) is 4.74 Å². The molecule has 11 heteroatoms. The van der Waals surface area contributed by atoms with Crippen LogP contribution < -0.4 is 16.8 Å². The van der Waals surface area contributed by atoms with E-state index in [0.29, 0.717) is 29.8 Å². The number of pyridine rings is 1. The zero-order valence-corrected chi connectivity index (χ0v) is 19.0. The van der Waals surface area contributed by atoms with Gasteiger partial charge < -0.3 is 13.9 Å². The molecule has 3 aromatic heterocycles. The highest BCUT2D eigenvalue weighted by molar-refractivity contribution is 9.10. The van der Waals surface area contributed by atoms with Crippen LogP contribution in [0, 0.1) is 0 Å². The van der Waals surface area contributed by atoms with Gasteiger partial charge in [-0.05, 0) is 34.8 Å². The monoisotopic (exact) mass is 493 g/mol. The maximum Gasteiger partial charge on any atom is 0.330 e. The number of ether oxygens (including phenoxy) is 1. The number of hydrogen-bond acceptors (Lipinski definition) is 6. The van der Waals surface area contributed by atoms with Gasteiger partial charge in [0.25, 0.3) is 11.1 Å². The fourth-order valence-corrected chi connectivity index (χ4v) is 3.65. The molecule has 1 N–H and O–H groups in total. The second-order valence-electron chi connectivity index (χ2n) is 7.09. The molecule has 166 valence electrons. The van der Waals surface area contributed by atoms with Crippen molar-refractivity contribution in [2.24, 2.45) is 0 Å². The van der Waals surface area contributed by atoms with Crippen molar-refractivity contribution in [2.75, 3.05) is 0 Å². The Morgan fingerprint density at radius 2 is 1.90 bits per heavy atom. The second kappa shape index (κ2) is 9.90. The van der Waals surface area contributed by atoms with Crippen molar-refractivity contribution in [1.82, 2.24) is 23.7 Å². The molecule has 10 nitrogen and oxygen atoms in total. The molecule has 0 aliphatic rings. The molecule has 0 unspecified atom stereocenters. The lowest BCUT2D eigenvalue weighted by Crippen LogP contribution is -2.31. The van der Waals surface area contributed by atoms with E-state index in [-0.39, 0.29) is 29.9 Å². The molecule has 31 heavy (non-hydrogen) atoms. The van der Waals surface area contributed by atoms with Crippen LogP contribution in [0.3, 0.4) is 0 Å². The third-order valence-corrected chi connectivity index (χ3v) is 5.23. The van der Waals surface area contributed by atoms with Crippen molar-refractivity contribution in [3.63, 3.8) is 0 Å². The molecule has 0 aliphatic carbocycles. The van der Waals surface area contributed by atoms with Crippen LogP contribution in [0.2, 0.25) is 0 Å². The Labute approximate surface area is 185 Å². The Hall–Kier alpha value is -2.95. The third kappa shape index (κ3) is 5.04. The van der Waals surface area contributed by atoms with Gasteiger partial charge in [-0.25, -0.2) is 9.78 Å². The molecule has 0 aliphatic heterocycles. The number of aromatic amines is 1. The lowest BCUT2D eigenvalue weighted by Gasteiger charge is -2.09. The van der Waals surface area contributed by atoms with Crippen LogP contribution in [0.15, 0.2) is 37.2 Å². The highest BCUT2D eigenvalue weighted by Gasteiger charge is 2.19. The van der Waals surface area contributed by atoms with E-state index < -0.39 is 17.2 Å². The minimum absolute atomic E-state index is 0.183. The Morgan fingerprint density at radius 1 is 1.13 bits per heavy atom. The van der Waals surface area contributed by atoms with E-state index in [1.807, 2.05) is 13.8 Å². The fourth-order valence-electron chi connectivity index (χ4n) is 3.27. The Morgan fingerprint density at radius 3 is 2.61 bits per heavy atom. The number of carbonyl (C=O) groups excluding carboxylic acids is 1. The number of carbonyl (C=O) groups is 1. The van der Waals surface area contributed by atoms with Gasteiger partial charge in [0.15, 0.2) is 11.2 Å². The minimum atomic E-state index is -0.618. The number of aryl methyl sites for hydroxylation is 2. The first-order valence-electron chi connectivity index (χ1n) is 10.1. The van der Waals surface area contributed by atoms with Crippen LogP contribution >= 0.6 is 15.9 Å². The number of fused-ring (bicyclic) bond motifs is 1. The molecular weight excluding hydrogens is 470 g/mol. The van der Waals surface area contributed by atoms with Gasteiger partial charge in [-0.15, -0.1) is 0 Å². The summed E-state index contributed by atoms with van der Waals surface area (Å²) in [6.45, 7) is 4.42. The van der Waals surface area contributed by atoms with Gasteiger partial charge >= 0.3 is 11.7 Å². The SMILES string of the molecule is CCCCn1c(=O)[nH]c(=O)c2c1nc(COC(=O)Cn1cc(Br)ccc1=O)n2CCC. The van der Waals surface area contributed by atoms with Gasteiger partial charge in [0.2, 0.25) is 0 Å². The number of esters is 1. The number of aromatic nitrogens is 5. The summed E-state index contributed by atoms with van der Waals surface area (Å²) in [4.78, 5) is 55.8. The van der Waals surface area contributed by atoms with E-state index in [9.17, 15) is 19.2 Å². The fraction of sp³-hybridized carbons (Fsp3) is 0.450. The molecule has 0 atom stereocenters. The van der Waals surface area contributed by atoms with Crippen molar-refractivity contribution < 1.29 is 9.53 Å². The number of halogens is 1. The molecule has 0 bridgehead atoms. The van der Waals surface area contributed by atoms with Crippen molar-refractivity contribution in [1.29, 1.82) is 0 Å². The number of hydrogen-bond donors (Lipinski definition) is 1. The first-order valence-corrected chi connectivity index (χ1v) is 10.9. The van der Waals surface area contributed by atoms with Gasteiger partial charge in [-0.2, -0.15) is 0 Å². The van der Waals surface area contributed by atoms with Gasteiger partial charge in [-0.1, -0.05) is 20.3 Å². The van der Waals surface area contributed by atoms with Gasteiger partial charge in [-0.3, -0.25) is 23.9 Å². The van der Waals surface area contributed by atoms with Crippen LogP contribution in [0.4, 0.5) is 0 Å². The van der Waals surface area contributed by atoms with Gasteiger partial charge in [0, 0.05) is 29.8 Å². The van der Waals surface area contributed by atoms with Crippen molar-refractivity contribution in [3.8, 4) is 0 Å². The third-order valence-electron chi connectivity index (χ3n) is 4.76. The predicted molar refractivity (Wildman–Crippen MR) is 118 cm³/mol. The highest BCUT2D eigenvalue weighted by Crippen LogP contribution is 2.14. The summed E-state index contributed by atoms with van der Waals surface area (Å²) in [5.74, 6) is -0.249. The van der Waals surface area contributed by atoms with E-state index in [0.717, 1.165) is 12.8 Å². The molecule has 0 fully saturated rings. The molecular formula is C20H24BrN5O5. The summed E-state index contributed by atoms with van der Waals surface area (Å²) in [6.07, 6.45) is 3.85. The average molecular weight is 494 g/mol. The molecule has 3 heterocycles. The largest absolute Gasteiger partial charge is 0.456 e. The highest BCUT2D eigenvalue weighted by atomic mass is 79.9. The zero-order valence-electron chi connectivity index (χ0n) is 17.4. The molecule has 0 amide bonds. The number of unbranched alkanes of at least 4 members (excludes halogenated alkanes) is 1. The lowest BCUT2D eigenvalue weighted by atomic mass is 10.3. The molecule has 3 aromatic rings. The number of nitrogens with zero attached hydrogens (tertiary/aromatic N) is 4. The molecule has 0 radical (unpaired) electrons. The Balaban J connectivity index is 1.91. The maximum absolute atomic E-state index is 12.5. The Bertz CT molecular complexity index is 1270. The van der Waals surface area contributed by atoms with Crippen LogP contribution in [-0.2, 0) is 35.8 Å². The summed E-state index contributed by atoms with van der Waals surface area (Å²) in [5.41, 5.74) is -0.793. The normalized spacial score (nSPS) is 11.2. The van der Waals surface area contributed by atoms with Crippen LogP contribution in [0.25, 0.3) is 11.2 Å². The topological polar surface area (TPSA) is 121 Å². The van der Waals surface area contributed by atoms with Crippen molar-refractivity contribution >= 4 is 33.1 Å². The molecule has 0 spiro atoms. The van der Waals surface area contributed by atoms with E-state index in [2.05, 4.69) is 25.9 Å². The first kappa shape index (κ1) is 22.7. The van der Waals surface area contributed by atoms with E-state index in [1.165, 1.54) is 21.4 Å². The summed E-state index contributed by atoms with van der Waals surface area (Å²) in [6, 6.07) is 2.94. The van der Waals surface area contributed by atoms with Crippen LogP contribution in [0.5, 0.6) is 0 Å². The van der Waals surface area contributed by atoms with Crippen LogP contribution in [0.1, 0.15) is 38.9 Å². The Kier molecular flexibility index (Phi) is 7.26. The standard InChI is InChI=1S/C20H24BrN5O5/c1-3-5-9-26-18-17(19(29)23-20(26)30)25(8-4-2)14(22-18)12-31-16(28)11-24-10-13(21)6-7-15(24)27/h6-7,10H,3-5,8-9,11-12H2,1-2H3,(H,23,29,30). The number of H-pyrrole nitrogens is 1. The average Bonchev–Trinajstić information content (AvgIpc) is 3.08. The smallest absolute Gasteiger partial charge is 0.330 e. The van der Waals surface area contributed by atoms with Crippen molar-refractivity contribution in [2.45, 2.75) is 59.4 Å². The summed E-state index contributed by atoms with van der Waals surface area (Å²) in [5, 5.41) is 0. The molecule has 0 aromatic carbocycles. The zero-order chi connectivity index (χ0) is 22.5. The minimum Gasteiger partial charge on any atom is -0.456 e. The quantitative estimate of drug-likeness (QED) is 0.453. The molecule has 0 saturated heterocycles. The van der Waals surface area contributed by atoms with Gasteiger partial charge in [0.05, 0.1) is 0 Å². The van der Waals surface area contributed by atoms with Crippen molar-refractivity contribution in [3.05, 3.63) is 59.8 Å². The maximum atomic E-state index is 12.5. The second-order valence-corrected chi connectivity index (χ2v) is 8.01. The van der Waals surface area contributed by atoms with E-state index >= 15 is 0 Å². The number of rotatable bonds is 9.